The van der Waals surface area contributed by atoms with Crippen molar-refractivity contribution in [2.75, 3.05) is 0 Å². The fourth-order valence-electron chi connectivity index (χ4n) is 5.89. The third kappa shape index (κ3) is 3.64. The Morgan fingerprint density at radius 3 is 1.59 bits per heavy atom. The van der Waals surface area contributed by atoms with E-state index in [1.54, 1.807) is 0 Å². The van der Waals surface area contributed by atoms with Gasteiger partial charge in [0, 0.05) is 0 Å². The van der Waals surface area contributed by atoms with E-state index in [4.69, 9.17) is 0 Å². The first-order chi connectivity index (χ1) is 16.3. The maximum absolute atomic E-state index is 2.59. The Bertz CT molecular complexity index is 1260. The summed E-state index contributed by atoms with van der Waals surface area (Å²) >= 11 is 0. The van der Waals surface area contributed by atoms with Gasteiger partial charge in [0.15, 0.2) is 0 Å². The van der Waals surface area contributed by atoms with E-state index < -0.39 is 7.26 Å². The highest BCUT2D eigenvalue weighted by molar-refractivity contribution is 8.01. The Balaban J connectivity index is 1.92. The average molecular weight is 464 g/mol. The van der Waals surface area contributed by atoms with E-state index in [-0.39, 0.29) is 10.8 Å². The van der Waals surface area contributed by atoms with E-state index >= 15 is 0 Å². The van der Waals surface area contributed by atoms with E-state index in [2.05, 4.69) is 138 Å². The number of rotatable bonds is 4. The first-order valence-corrected chi connectivity index (χ1v) is 14.3. The van der Waals surface area contributed by atoms with Crippen LogP contribution < -0.4 is 21.2 Å². The Labute approximate surface area is 206 Å². The fraction of sp³-hybridized carbons (Fsp3) is 0.273. The van der Waals surface area contributed by atoms with Crippen LogP contribution in [0.25, 0.3) is 0 Å². The number of hydrogen-bond donors (Lipinski definition) is 0. The Hall–Kier alpha value is -2.69. The van der Waals surface area contributed by atoms with Crippen LogP contribution in [0.5, 0.6) is 0 Å². The summed E-state index contributed by atoms with van der Waals surface area (Å²) < 4.78 is 0. The highest BCUT2D eigenvalue weighted by Crippen LogP contribution is 2.56. The smallest absolute Gasteiger partial charge is 0.0620 e. The van der Waals surface area contributed by atoms with Crippen molar-refractivity contribution in [2.24, 2.45) is 0 Å². The zero-order valence-corrected chi connectivity index (χ0v) is 22.1. The van der Waals surface area contributed by atoms with E-state index in [1.807, 2.05) is 0 Å². The molecule has 0 fully saturated rings. The summed E-state index contributed by atoms with van der Waals surface area (Å²) in [4.78, 5) is 0. The molecule has 172 valence electrons. The van der Waals surface area contributed by atoms with Gasteiger partial charge < -0.3 is 0 Å². The summed E-state index contributed by atoms with van der Waals surface area (Å²) in [5.74, 6) is 0. The van der Waals surface area contributed by atoms with Crippen LogP contribution >= 0.6 is 7.26 Å². The van der Waals surface area contributed by atoms with Crippen LogP contribution in [0.1, 0.15) is 57.2 Å². The number of benzene rings is 4. The second-order valence-electron chi connectivity index (χ2n) is 11.1. The molecule has 0 spiro atoms. The molecule has 0 saturated heterocycles. The van der Waals surface area contributed by atoms with Crippen molar-refractivity contribution in [1.82, 2.24) is 0 Å². The monoisotopic (exact) mass is 463 g/mol. The molecule has 0 amide bonds. The molecule has 0 heterocycles. The average Bonchev–Trinajstić information content (AvgIpc) is 2.85. The molecule has 34 heavy (non-hydrogen) atoms. The molecule has 1 aliphatic carbocycles. The Morgan fingerprint density at radius 1 is 0.529 bits per heavy atom. The lowest BCUT2D eigenvalue weighted by molar-refractivity contribution is 0.332. The van der Waals surface area contributed by atoms with Gasteiger partial charge >= 0.3 is 0 Å². The van der Waals surface area contributed by atoms with Crippen LogP contribution in [0.4, 0.5) is 0 Å². The van der Waals surface area contributed by atoms with Gasteiger partial charge in [-0.1, -0.05) is 88.4 Å². The van der Waals surface area contributed by atoms with Crippen LogP contribution in [0.15, 0.2) is 103 Å². The Morgan fingerprint density at radius 2 is 1.03 bits per heavy atom. The van der Waals surface area contributed by atoms with E-state index in [9.17, 15) is 0 Å². The van der Waals surface area contributed by atoms with Crippen LogP contribution in [-0.4, -0.2) is 0 Å². The van der Waals surface area contributed by atoms with Gasteiger partial charge in [-0.25, -0.2) is 0 Å². The van der Waals surface area contributed by atoms with Gasteiger partial charge in [0.25, 0.3) is 0 Å². The van der Waals surface area contributed by atoms with Crippen molar-refractivity contribution < 1.29 is 0 Å². The lowest BCUT2D eigenvalue weighted by atomic mass is 9.63. The van der Waals surface area contributed by atoms with Gasteiger partial charge in [-0.05, 0) is 89.8 Å². The predicted octanol–water partition coefficient (Wildman–Crippen LogP) is 6.96. The zero-order chi connectivity index (χ0) is 24.0. The molecule has 0 N–H and O–H groups in total. The van der Waals surface area contributed by atoms with Gasteiger partial charge in [0.2, 0.25) is 0 Å². The fourth-order valence-corrected chi connectivity index (χ4v) is 10.4. The van der Waals surface area contributed by atoms with Gasteiger partial charge in [-0.3, -0.25) is 0 Å². The molecular formula is C33H36P+. The first kappa shape index (κ1) is 23.1. The molecule has 0 aromatic heterocycles. The normalized spacial score (nSPS) is 16.6. The minimum absolute atomic E-state index is 0.176. The highest BCUT2D eigenvalue weighted by Gasteiger charge is 2.50. The minimum Gasteiger partial charge on any atom is -0.0620 e. The topological polar surface area (TPSA) is 0 Å². The summed E-state index contributed by atoms with van der Waals surface area (Å²) in [6, 6.07) is 39.0. The van der Waals surface area contributed by atoms with E-state index in [0.717, 1.165) is 0 Å². The quantitative estimate of drug-likeness (QED) is 0.287. The van der Waals surface area contributed by atoms with Crippen LogP contribution in [-0.2, 0) is 10.8 Å². The summed E-state index contributed by atoms with van der Waals surface area (Å²) in [6.45, 7) is 12.0. The van der Waals surface area contributed by atoms with E-state index in [1.165, 1.54) is 50.8 Å². The first-order valence-electron chi connectivity index (χ1n) is 12.5. The molecule has 1 aliphatic rings. The third-order valence-corrected chi connectivity index (χ3v) is 12.4. The van der Waals surface area contributed by atoms with Gasteiger partial charge in [-0.15, -0.1) is 0 Å². The maximum Gasteiger partial charge on any atom is 0.144 e. The molecule has 1 heteroatoms. The van der Waals surface area contributed by atoms with Crippen molar-refractivity contribution >= 4 is 28.5 Å². The Kier molecular flexibility index (Phi) is 5.78. The lowest BCUT2D eigenvalue weighted by Gasteiger charge is -2.42. The molecule has 0 saturated carbocycles. The molecular weight excluding hydrogens is 427 g/mol. The van der Waals surface area contributed by atoms with Crippen LogP contribution in [0, 0.1) is 6.92 Å². The molecule has 0 bridgehead atoms. The lowest BCUT2D eigenvalue weighted by Crippen LogP contribution is -2.41. The van der Waals surface area contributed by atoms with Crippen molar-refractivity contribution in [3.05, 3.63) is 120 Å². The van der Waals surface area contributed by atoms with Gasteiger partial charge in [0.1, 0.15) is 28.5 Å². The van der Waals surface area contributed by atoms with Gasteiger partial charge in [0.05, 0.1) is 0 Å². The number of aryl methyl sites for hydroxylation is 1. The zero-order valence-electron chi connectivity index (χ0n) is 21.2. The number of hydrogen-bond acceptors (Lipinski definition) is 0. The summed E-state index contributed by atoms with van der Waals surface area (Å²) in [7, 11) is -2.09. The molecule has 0 radical (unpaired) electrons. The predicted molar refractivity (Wildman–Crippen MR) is 151 cm³/mol. The molecule has 0 unspecified atom stereocenters. The largest absolute Gasteiger partial charge is 0.144 e. The molecule has 4 aromatic carbocycles. The second kappa shape index (κ2) is 8.51. The summed E-state index contributed by atoms with van der Waals surface area (Å²) in [5, 5.41) is 5.76. The standard InChI is InChI=1S/C33H36P/c1-25-14-12-13-19-31(25)34(26-15-8-6-9-16-26,27-17-10-7-11-18-27)28-20-21-29-30(24-28)33(4,5)23-22-32(29,2)3/h6-21,24H,22-23H2,1-5H3/q+1. The summed E-state index contributed by atoms with van der Waals surface area (Å²) in [6.07, 6.45) is 2.46. The van der Waals surface area contributed by atoms with Gasteiger partial charge in [-0.2, -0.15) is 0 Å². The molecule has 5 rings (SSSR count). The van der Waals surface area contributed by atoms with Crippen molar-refractivity contribution in [3.63, 3.8) is 0 Å². The van der Waals surface area contributed by atoms with E-state index in [0.29, 0.717) is 0 Å². The van der Waals surface area contributed by atoms with Crippen molar-refractivity contribution in [2.45, 2.75) is 58.3 Å². The summed E-state index contributed by atoms with van der Waals surface area (Å²) in [5.41, 5.74) is 4.81. The molecule has 0 aliphatic heterocycles. The molecule has 0 atom stereocenters. The van der Waals surface area contributed by atoms with Crippen LogP contribution in [0.3, 0.4) is 0 Å². The van der Waals surface area contributed by atoms with Crippen LogP contribution in [0.2, 0.25) is 0 Å². The SMILES string of the molecule is Cc1ccccc1[P+](c1ccccc1)(c1ccccc1)c1ccc2c(c1)C(C)(C)CCC2(C)C. The van der Waals surface area contributed by atoms with Crippen molar-refractivity contribution in [3.8, 4) is 0 Å². The second-order valence-corrected chi connectivity index (χ2v) is 14.5. The third-order valence-electron chi connectivity index (χ3n) is 7.99. The molecule has 0 nitrogen and oxygen atoms in total. The maximum atomic E-state index is 2.59. The minimum atomic E-state index is -2.09. The number of fused-ring (bicyclic) bond motifs is 1. The van der Waals surface area contributed by atoms with Crippen molar-refractivity contribution in [1.29, 1.82) is 0 Å². The molecule has 4 aromatic rings. The highest BCUT2D eigenvalue weighted by atomic mass is 31.2.